The van der Waals surface area contributed by atoms with E-state index in [1.807, 2.05) is 11.3 Å². The first kappa shape index (κ1) is 16.7. The summed E-state index contributed by atoms with van der Waals surface area (Å²) in [6, 6.07) is 10.9. The van der Waals surface area contributed by atoms with E-state index in [0.29, 0.717) is 11.8 Å². The van der Waals surface area contributed by atoms with E-state index in [-0.39, 0.29) is 0 Å². The highest BCUT2D eigenvalue weighted by Gasteiger charge is 2.16. The maximum absolute atomic E-state index is 3.67. The third-order valence-corrected chi connectivity index (χ3v) is 5.64. The summed E-state index contributed by atoms with van der Waals surface area (Å²) in [4.78, 5) is 1.44. The van der Waals surface area contributed by atoms with Gasteiger partial charge in [-0.05, 0) is 64.3 Å². The summed E-state index contributed by atoms with van der Waals surface area (Å²) in [5.41, 5.74) is 2.86. The van der Waals surface area contributed by atoms with Crippen LogP contribution in [0.5, 0.6) is 0 Å². The number of rotatable bonds is 7. The minimum Gasteiger partial charge on any atom is -0.316 e. The third kappa shape index (κ3) is 4.94. The molecule has 1 N–H and O–H groups in total. The quantitative estimate of drug-likeness (QED) is 0.693. The van der Waals surface area contributed by atoms with Crippen LogP contribution in [0.4, 0.5) is 0 Å². The third-order valence-electron chi connectivity index (χ3n) is 3.69. The summed E-state index contributed by atoms with van der Waals surface area (Å²) in [7, 11) is 0. The molecule has 0 radical (unpaired) electrons. The average molecular weight is 366 g/mol. The second-order valence-electron chi connectivity index (χ2n) is 6.00. The molecule has 0 saturated heterocycles. The Bertz CT molecular complexity index is 562. The lowest BCUT2D eigenvalue weighted by Gasteiger charge is -2.20. The summed E-state index contributed by atoms with van der Waals surface area (Å²) < 4.78 is 1.25. The molecular formula is C18H24BrNS. The summed E-state index contributed by atoms with van der Waals surface area (Å²) >= 11 is 5.51. The van der Waals surface area contributed by atoms with Gasteiger partial charge >= 0.3 is 0 Å². The Labute approximate surface area is 140 Å². The zero-order valence-corrected chi connectivity index (χ0v) is 15.4. The van der Waals surface area contributed by atoms with Crippen molar-refractivity contribution in [2.24, 2.45) is 5.92 Å². The van der Waals surface area contributed by atoms with Crippen LogP contribution in [0.15, 0.2) is 40.2 Å². The van der Waals surface area contributed by atoms with E-state index in [0.717, 1.165) is 19.5 Å². The Morgan fingerprint density at radius 3 is 2.52 bits per heavy atom. The first-order valence-electron chi connectivity index (χ1n) is 7.56. The van der Waals surface area contributed by atoms with E-state index in [1.165, 1.54) is 20.5 Å². The van der Waals surface area contributed by atoms with Crippen LogP contribution in [-0.4, -0.2) is 13.1 Å². The van der Waals surface area contributed by atoms with Crippen molar-refractivity contribution in [3.05, 3.63) is 56.2 Å². The molecule has 1 nitrogen and oxygen atoms in total. The van der Waals surface area contributed by atoms with Crippen molar-refractivity contribution >= 4 is 27.3 Å². The maximum Gasteiger partial charge on any atom is 0.0314 e. The molecule has 2 aromatic rings. The van der Waals surface area contributed by atoms with E-state index in [9.17, 15) is 0 Å². The molecule has 0 spiro atoms. The number of hydrogen-bond donors (Lipinski definition) is 1. The highest BCUT2D eigenvalue weighted by molar-refractivity contribution is 9.10. The first-order chi connectivity index (χ1) is 10.1. The molecule has 0 bridgehead atoms. The molecule has 0 fully saturated rings. The molecule has 21 heavy (non-hydrogen) atoms. The van der Waals surface area contributed by atoms with Crippen molar-refractivity contribution < 1.29 is 0 Å². The molecule has 0 amide bonds. The zero-order valence-electron chi connectivity index (χ0n) is 13.0. The summed E-state index contributed by atoms with van der Waals surface area (Å²) in [6.45, 7) is 8.84. The fourth-order valence-corrected chi connectivity index (χ4v) is 4.17. The van der Waals surface area contributed by atoms with E-state index in [4.69, 9.17) is 0 Å². The standard InChI is InChI=1S/C18H24BrNS/c1-13(2)11-20-12-15(10-18-17(19)8-9-21-18)16-7-5-4-6-14(16)3/h4-9,13,15,20H,10-12H2,1-3H3. The second kappa shape index (κ2) is 8.11. The minimum atomic E-state index is 0.528. The van der Waals surface area contributed by atoms with Crippen LogP contribution in [-0.2, 0) is 6.42 Å². The van der Waals surface area contributed by atoms with Crippen LogP contribution < -0.4 is 5.32 Å². The summed E-state index contributed by atoms with van der Waals surface area (Å²) in [5, 5.41) is 5.79. The van der Waals surface area contributed by atoms with E-state index >= 15 is 0 Å². The van der Waals surface area contributed by atoms with Gasteiger partial charge in [0.25, 0.3) is 0 Å². The molecule has 0 aliphatic rings. The molecule has 0 aliphatic carbocycles. The van der Waals surface area contributed by atoms with Crippen LogP contribution in [0.2, 0.25) is 0 Å². The maximum atomic E-state index is 3.67. The normalized spacial score (nSPS) is 12.8. The van der Waals surface area contributed by atoms with Gasteiger partial charge in [-0.3, -0.25) is 0 Å². The van der Waals surface area contributed by atoms with Gasteiger partial charge in [-0.2, -0.15) is 0 Å². The van der Waals surface area contributed by atoms with Crippen LogP contribution >= 0.6 is 27.3 Å². The van der Waals surface area contributed by atoms with Crippen molar-refractivity contribution in [3.8, 4) is 0 Å². The largest absolute Gasteiger partial charge is 0.316 e. The van der Waals surface area contributed by atoms with E-state index in [2.05, 4.69) is 77.7 Å². The van der Waals surface area contributed by atoms with Crippen LogP contribution in [0.3, 0.4) is 0 Å². The van der Waals surface area contributed by atoms with Crippen molar-refractivity contribution in [1.82, 2.24) is 5.32 Å². The lowest BCUT2D eigenvalue weighted by Crippen LogP contribution is -2.26. The SMILES string of the molecule is Cc1ccccc1C(CNCC(C)C)Cc1sccc1Br. The van der Waals surface area contributed by atoms with Gasteiger partial charge in [0.1, 0.15) is 0 Å². The molecule has 2 rings (SSSR count). The number of hydrogen-bond acceptors (Lipinski definition) is 2. The topological polar surface area (TPSA) is 12.0 Å². The fraction of sp³-hybridized carbons (Fsp3) is 0.444. The number of benzene rings is 1. The average Bonchev–Trinajstić information content (AvgIpc) is 2.83. The molecule has 1 heterocycles. The Morgan fingerprint density at radius 2 is 1.90 bits per heavy atom. The van der Waals surface area contributed by atoms with E-state index < -0.39 is 0 Å². The minimum absolute atomic E-state index is 0.528. The molecule has 1 aromatic carbocycles. The summed E-state index contributed by atoms with van der Waals surface area (Å²) in [6.07, 6.45) is 1.09. The number of nitrogens with one attached hydrogen (secondary N) is 1. The lowest BCUT2D eigenvalue weighted by molar-refractivity contribution is 0.514. The van der Waals surface area contributed by atoms with Crippen LogP contribution in [0, 0.1) is 12.8 Å². The Hall–Kier alpha value is -0.640. The van der Waals surface area contributed by atoms with Crippen molar-refractivity contribution in [2.45, 2.75) is 33.1 Å². The molecule has 3 heteroatoms. The molecule has 0 aliphatic heterocycles. The number of thiophene rings is 1. The van der Waals surface area contributed by atoms with Crippen LogP contribution in [0.25, 0.3) is 0 Å². The Kier molecular flexibility index (Phi) is 6.46. The smallest absolute Gasteiger partial charge is 0.0314 e. The van der Waals surface area contributed by atoms with Gasteiger partial charge in [0.2, 0.25) is 0 Å². The molecule has 1 atom stereocenters. The van der Waals surface area contributed by atoms with Gasteiger partial charge < -0.3 is 5.32 Å². The van der Waals surface area contributed by atoms with Crippen molar-refractivity contribution in [1.29, 1.82) is 0 Å². The Morgan fingerprint density at radius 1 is 1.14 bits per heavy atom. The lowest BCUT2D eigenvalue weighted by atomic mass is 9.91. The first-order valence-corrected chi connectivity index (χ1v) is 9.23. The fourth-order valence-electron chi connectivity index (χ4n) is 2.58. The van der Waals surface area contributed by atoms with E-state index in [1.54, 1.807) is 0 Å². The highest BCUT2D eigenvalue weighted by atomic mass is 79.9. The molecular weight excluding hydrogens is 342 g/mol. The number of halogens is 1. The second-order valence-corrected chi connectivity index (χ2v) is 7.86. The molecule has 1 aromatic heterocycles. The van der Waals surface area contributed by atoms with Gasteiger partial charge in [0.05, 0.1) is 0 Å². The van der Waals surface area contributed by atoms with Gasteiger partial charge in [0, 0.05) is 21.8 Å². The van der Waals surface area contributed by atoms with Gasteiger partial charge in [-0.15, -0.1) is 11.3 Å². The summed E-state index contributed by atoms with van der Waals surface area (Å²) in [5.74, 6) is 1.22. The zero-order chi connectivity index (χ0) is 15.2. The monoisotopic (exact) mass is 365 g/mol. The van der Waals surface area contributed by atoms with Crippen molar-refractivity contribution in [2.75, 3.05) is 13.1 Å². The highest BCUT2D eigenvalue weighted by Crippen LogP contribution is 2.30. The van der Waals surface area contributed by atoms with Gasteiger partial charge in [-0.25, -0.2) is 0 Å². The Balaban J connectivity index is 2.14. The number of aryl methyl sites for hydroxylation is 1. The van der Waals surface area contributed by atoms with Crippen molar-refractivity contribution in [3.63, 3.8) is 0 Å². The predicted molar refractivity (Wildman–Crippen MR) is 97.4 cm³/mol. The molecule has 1 unspecified atom stereocenters. The molecule has 114 valence electrons. The van der Waals surface area contributed by atoms with Gasteiger partial charge in [-0.1, -0.05) is 38.1 Å². The molecule has 0 saturated carbocycles. The predicted octanol–water partition coefficient (Wildman–Crippen LogP) is 5.39. The van der Waals surface area contributed by atoms with Gasteiger partial charge in [0.15, 0.2) is 0 Å². The van der Waals surface area contributed by atoms with Crippen LogP contribution in [0.1, 0.15) is 35.8 Å².